The summed E-state index contributed by atoms with van der Waals surface area (Å²) in [5.41, 5.74) is 4.21. The van der Waals surface area contributed by atoms with Crippen LogP contribution < -0.4 is 5.43 Å². The minimum Gasteiger partial charge on any atom is -0.298 e. The molecule has 5 heteroatoms. The predicted octanol–water partition coefficient (Wildman–Crippen LogP) is 2.12. The third-order valence-corrected chi connectivity index (χ3v) is 3.11. The van der Waals surface area contributed by atoms with E-state index in [-0.39, 0.29) is 0 Å². The summed E-state index contributed by atoms with van der Waals surface area (Å²) in [5, 5.41) is 0.924. The van der Waals surface area contributed by atoms with Gasteiger partial charge in [0, 0.05) is 5.56 Å². The van der Waals surface area contributed by atoms with Crippen LogP contribution >= 0.6 is 0 Å². The number of benzene rings is 2. The van der Waals surface area contributed by atoms with Crippen LogP contribution in [0.15, 0.2) is 48.5 Å². The molecule has 3 rings (SSSR count). The molecule has 0 saturated heterocycles. The molecule has 2 aromatic rings. The fraction of sp³-hybridized carbons (Fsp3) is 0. The van der Waals surface area contributed by atoms with Crippen molar-refractivity contribution in [2.45, 2.75) is 0 Å². The van der Waals surface area contributed by atoms with E-state index in [4.69, 9.17) is 0 Å². The Morgan fingerprint density at radius 3 is 2.00 bits per heavy atom. The molecule has 1 N–H and O–H groups in total. The topological polar surface area (TPSA) is 66.5 Å². The number of aldehydes is 1. The van der Waals surface area contributed by atoms with E-state index in [0.29, 0.717) is 28.7 Å². The van der Waals surface area contributed by atoms with Crippen molar-refractivity contribution in [3.05, 3.63) is 65.2 Å². The summed E-state index contributed by atoms with van der Waals surface area (Å²) in [5.74, 6) is -0.849. The maximum Gasteiger partial charge on any atom is 0.280 e. The molecular formula is C15H10N2O3. The lowest BCUT2D eigenvalue weighted by atomic mass is 10.1. The third-order valence-electron chi connectivity index (χ3n) is 3.11. The lowest BCUT2D eigenvalue weighted by Crippen LogP contribution is -2.35. The number of anilines is 1. The molecule has 1 aliphatic rings. The zero-order valence-corrected chi connectivity index (χ0v) is 10.4. The zero-order chi connectivity index (χ0) is 14.1. The van der Waals surface area contributed by atoms with Gasteiger partial charge in [0.15, 0.2) is 6.29 Å². The first kappa shape index (κ1) is 12.1. The number of carbonyl (C=O) groups is 3. The molecule has 2 aromatic carbocycles. The van der Waals surface area contributed by atoms with Crippen molar-refractivity contribution >= 4 is 23.8 Å². The summed E-state index contributed by atoms with van der Waals surface area (Å²) in [6, 6.07) is 13.3. The minimum absolute atomic E-state index is 0.355. The second-order valence-electron chi connectivity index (χ2n) is 4.31. The Kier molecular flexibility index (Phi) is 2.80. The van der Waals surface area contributed by atoms with Gasteiger partial charge in [0.1, 0.15) is 0 Å². The van der Waals surface area contributed by atoms with Gasteiger partial charge < -0.3 is 0 Å². The van der Waals surface area contributed by atoms with E-state index in [0.717, 1.165) is 5.01 Å². The Bertz CT molecular complexity index is 690. The van der Waals surface area contributed by atoms with Crippen LogP contribution in [0.4, 0.5) is 5.69 Å². The number of carbonyl (C=O) groups excluding carboxylic acids is 3. The number of amides is 2. The van der Waals surface area contributed by atoms with Crippen LogP contribution in [0, 0.1) is 0 Å². The number of para-hydroxylation sites is 1. The van der Waals surface area contributed by atoms with Crippen LogP contribution in [0.25, 0.3) is 0 Å². The van der Waals surface area contributed by atoms with E-state index in [2.05, 4.69) is 5.43 Å². The highest BCUT2D eigenvalue weighted by Crippen LogP contribution is 2.24. The average Bonchev–Trinajstić information content (AvgIpc) is 2.73. The monoisotopic (exact) mass is 266 g/mol. The van der Waals surface area contributed by atoms with E-state index in [1.54, 1.807) is 48.5 Å². The van der Waals surface area contributed by atoms with Crippen LogP contribution in [-0.2, 0) is 0 Å². The van der Waals surface area contributed by atoms with Gasteiger partial charge in [0.2, 0.25) is 0 Å². The van der Waals surface area contributed by atoms with Crippen molar-refractivity contribution in [3.63, 3.8) is 0 Å². The number of fused-ring (bicyclic) bond motifs is 1. The van der Waals surface area contributed by atoms with Crippen LogP contribution in [0.1, 0.15) is 31.1 Å². The lowest BCUT2D eigenvalue weighted by Gasteiger charge is -2.17. The van der Waals surface area contributed by atoms with Gasteiger partial charge in [-0.05, 0) is 24.3 Å². The first-order valence-electron chi connectivity index (χ1n) is 6.01. The van der Waals surface area contributed by atoms with Gasteiger partial charge in [-0.3, -0.25) is 19.8 Å². The van der Waals surface area contributed by atoms with Crippen molar-refractivity contribution in [1.82, 2.24) is 5.01 Å². The highest BCUT2D eigenvalue weighted by atomic mass is 16.2. The molecule has 0 atom stereocenters. The van der Waals surface area contributed by atoms with E-state index in [1.807, 2.05) is 0 Å². The highest BCUT2D eigenvalue weighted by Gasteiger charge is 2.35. The molecule has 0 saturated carbocycles. The van der Waals surface area contributed by atoms with Gasteiger partial charge in [0.25, 0.3) is 11.8 Å². The van der Waals surface area contributed by atoms with E-state index < -0.39 is 11.8 Å². The standard InChI is InChI=1S/C15H10N2O3/c18-9-10-5-1-4-8-13(10)16-17-14(19)11-6-2-3-7-12(11)15(17)20/h1-9,16H. The molecule has 0 aromatic heterocycles. The van der Waals surface area contributed by atoms with Gasteiger partial charge >= 0.3 is 0 Å². The average molecular weight is 266 g/mol. The van der Waals surface area contributed by atoms with Crippen molar-refractivity contribution in [3.8, 4) is 0 Å². The number of imide groups is 1. The Balaban J connectivity index is 1.96. The molecule has 0 spiro atoms. The minimum atomic E-state index is -0.425. The number of nitrogens with zero attached hydrogens (tertiary/aromatic N) is 1. The summed E-state index contributed by atoms with van der Waals surface area (Å²) in [7, 11) is 0. The van der Waals surface area contributed by atoms with Crippen molar-refractivity contribution in [2.75, 3.05) is 5.43 Å². The van der Waals surface area contributed by atoms with E-state index >= 15 is 0 Å². The molecule has 2 amide bonds. The van der Waals surface area contributed by atoms with Crippen LogP contribution in [0.5, 0.6) is 0 Å². The van der Waals surface area contributed by atoms with Gasteiger partial charge in [-0.25, -0.2) is 0 Å². The van der Waals surface area contributed by atoms with Gasteiger partial charge in [-0.1, -0.05) is 24.3 Å². The fourth-order valence-corrected chi connectivity index (χ4v) is 2.11. The Hall–Kier alpha value is -2.95. The first-order chi connectivity index (χ1) is 9.72. The maximum atomic E-state index is 12.2. The van der Waals surface area contributed by atoms with E-state index in [1.165, 1.54) is 0 Å². The van der Waals surface area contributed by atoms with Crippen molar-refractivity contribution in [2.24, 2.45) is 0 Å². The zero-order valence-electron chi connectivity index (χ0n) is 10.4. The molecule has 98 valence electrons. The predicted molar refractivity (Wildman–Crippen MR) is 72.4 cm³/mol. The van der Waals surface area contributed by atoms with Crippen LogP contribution in [0.2, 0.25) is 0 Å². The summed E-state index contributed by atoms with van der Waals surface area (Å²) in [4.78, 5) is 35.3. The molecule has 0 unspecified atom stereocenters. The molecule has 0 aliphatic carbocycles. The van der Waals surface area contributed by atoms with Crippen LogP contribution in [0.3, 0.4) is 0 Å². The molecular weight excluding hydrogens is 256 g/mol. The number of rotatable bonds is 3. The number of hydrogen-bond donors (Lipinski definition) is 1. The molecule has 0 bridgehead atoms. The first-order valence-corrected chi connectivity index (χ1v) is 6.01. The fourth-order valence-electron chi connectivity index (χ4n) is 2.11. The lowest BCUT2D eigenvalue weighted by molar-refractivity contribution is 0.0690. The summed E-state index contributed by atoms with van der Waals surface area (Å²) < 4.78 is 0. The summed E-state index contributed by atoms with van der Waals surface area (Å²) in [6.07, 6.45) is 0.667. The second-order valence-corrected chi connectivity index (χ2v) is 4.31. The summed E-state index contributed by atoms with van der Waals surface area (Å²) in [6.45, 7) is 0. The third kappa shape index (κ3) is 1.76. The number of nitrogens with one attached hydrogen (secondary N) is 1. The van der Waals surface area contributed by atoms with Gasteiger partial charge in [-0.2, -0.15) is 5.01 Å². The molecule has 0 fully saturated rings. The molecule has 1 heterocycles. The normalized spacial score (nSPS) is 13.3. The maximum absolute atomic E-state index is 12.2. The van der Waals surface area contributed by atoms with Crippen LogP contribution in [-0.4, -0.2) is 23.1 Å². The van der Waals surface area contributed by atoms with Gasteiger partial charge in [-0.15, -0.1) is 0 Å². The molecule has 20 heavy (non-hydrogen) atoms. The van der Waals surface area contributed by atoms with Gasteiger partial charge in [0.05, 0.1) is 16.8 Å². The number of hydrazine groups is 1. The quantitative estimate of drug-likeness (QED) is 0.682. The smallest absolute Gasteiger partial charge is 0.280 e. The Morgan fingerprint density at radius 1 is 0.850 bits per heavy atom. The second kappa shape index (κ2) is 4.62. The SMILES string of the molecule is O=Cc1ccccc1NN1C(=O)c2ccccc2C1=O. The molecule has 5 nitrogen and oxygen atoms in total. The Morgan fingerprint density at radius 2 is 1.40 bits per heavy atom. The molecule has 0 radical (unpaired) electrons. The Labute approximate surface area is 114 Å². The summed E-state index contributed by atoms with van der Waals surface area (Å²) >= 11 is 0. The van der Waals surface area contributed by atoms with Crippen molar-refractivity contribution in [1.29, 1.82) is 0 Å². The largest absolute Gasteiger partial charge is 0.298 e. The molecule has 1 aliphatic heterocycles. The number of hydrogen-bond acceptors (Lipinski definition) is 4. The van der Waals surface area contributed by atoms with Crippen molar-refractivity contribution < 1.29 is 14.4 Å². The van der Waals surface area contributed by atoms with E-state index in [9.17, 15) is 14.4 Å². The highest BCUT2D eigenvalue weighted by molar-refractivity contribution is 6.22.